The normalized spacial score (nSPS) is 11.9. The van der Waals surface area contributed by atoms with Crippen LogP contribution in [0, 0.1) is 0 Å². The highest BCUT2D eigenvalue weighted by atomic mass is 16.3. The fourth-order valence-electron chi connectivity index (χ4n) is 8.46. The fourth-order valence-corrected chi connectivity index (χ4v) is 8.46. The molecule has 0 radical (unpaired) electrons. The lowest BCUT2D eigenvalue weighted by atomic mass is 9.99. The molecule has 0 aliphatic rings. The van der Waals surface area contributed by atoms with E-state index in [0.717, 1.165) is 93.2 Å². The molecule has 260 valence electrons. The highest BCUT2D eigenvalue weighted by molar-refractivity contribution is 6.19. The van der Waals surface area contributed by atoms with E-state index in [4.69, 9.17) is 23.8 Å². The quantitative estimate of drug-likeness (QED) is 0.170. The topological polar surface area (TPSA) is 65.0 Å². The summed E-state index contributed by atoms with van der Waals surface area (Å²) in [7, 11) is 0. The molecule has 0 fully saturated rings. The van der Waals surface area contributed by atoms with Crippen molar-refractivity contribution in [3.8, 4) is 45.3 Å². The maximum atomic E-state index is 6.66. The van der Waals surface area contributed by atoms with Gasteiger partial charge in [-0.05, 0) is 68.2 Å². The van der Waals surface area contributed by atoms with Gasteiger partial charge in [0.15, 0.2) is 17.5 Å². The van der Waals surface area contributed by atoms with E-state index in [1.807, 2.05) is 30.3 Å². The second-order valence-corrected chi connectivity index (χ2v) is 14.3. The standard InChI is InChI=1S/C51H29N3O2/c1-2-10-30(11-3-1)37-15-8-16-39-47-40(17-9-19-44(47)56-48(37)39)51-53-49(34-24-22-32-21-20-31-12-4-5-13-36(31)41(32)28-34)52-50(54-51)35-25-23-33-26-27-45-46(42(33)29-35)38-14-6-7-18-43(38)55-45/h1-29H. The zero-order chi connectivity index (χ0) is 36.7. The molecule has 0 saturated carbocycles. The zero-order valence-electron chi connectivity index (χ0n) is 29.9. The SMILES string of the molecule is c1ccc(-c2cccc3c2oc2cccc(-c4nc(-c5ccc6ccc7ccccc7c6c5)nc(-c5ccc6ccc7oc8ccccc8c7c6c5)n4)c23)cc1. The van der Waals surface area contributed by atoms with Gasteiger partial charge in [-0.3, -0.25) is 0 Å². The molecule has 0 bridgehead atoms. The molecule has 0 atom stereocenters. The van der Waals surface area contributed by atoms with Gasteiger partial charge in [0.2, 0.25) is 0 Å². The van der Waals surface area contributed by atoms with Crippen molar-refractivity contribution in [2.75, 3.05) is 0 Å². The first kappa shape index (κ1) is 30.8. The molecule has 0 spiro atoms. The molecule has 0 aliphatic carbocycles. The van der Waals surface area contributed by atoms with Crippen molar-refractivity contribution in [2.24, 2.45) is 0 Å². The van der Waals surface area contributed by atoms with Crippen molar-refractivity contribution in [2.45, 2.75) is 0 Å². The number of hydrogen-bond acceptors (Lipinski definition) is 5. The summed E-state index contributed by atoms with van der Waals surface area (Å²) < 4.78 is 12.9. The largest absolute Gasteiger partial charge is 0.456 e. The van der Waals surface area contributed by atoms with Crippen LogP contribution >= 0.6 is 0 Å². The van der Waals surface area contributed by atoms with Crippen molar-refractivity contribution < 1.29 is 8.83 Å². The summed E-state index contributed by atoms with van der Waals surface area (Å²) in [6.45, 7) is 0. The minimum absolute atomic E-state index is 0.577. The van der Waals surface area contributed by atoms with Crippen molar-refractivity contribution in [3.63, 3.8) is 0 Å². The van der Waals surface area contributed by atoms with Gasteiger partial charge in [0.05, 0.1) is 0 Å². The highest BCUT2D eigenvalue weighted by Crippen LogP contribution is 2.41. The van der Waals surface area contributed by atoms with E-state index in [1.54, 1.807) is 0 Å². The zero-order valence-corrected chi connectivity index (χ0v) is 29.9. The van der Waals surface area contributed by atoms with Crippen LogP contribution in [-0.4, -0.2) is 15.0 Å². The third kappa shape index (κ3) is 4.71. The van der Waals surface area contributed by atoms with Crippen molar-refractivity contribution >= 4 is 76.2 Å². The van der Waals surface area contributed by atoms with Gasteiger partial charge >= 0.3 is 0 Å². The number of rotatable bonds is 4. The van der Waals surface area contributed by atoms with E-state index >= 15 is 0 Å². The van der Waals surface area contributed by atoms with Gasteiger partial charge in [-0.2, -0.15) is 0 Å². The number of hydrogen-bond donors (Lipinski definition) is 0. The van der Waals surface area contributed by atoms with Crippen LogP contribution in [0.5, 0.6) is 0 Å². The summed E-state index contributed by atoms with van der Waals surface area (Å²) in [6, 6.07) is 61.0. The molecule has 0 unspecified atom stereocenters. The second kappa shape index (κ2) is 11.9. The average Bonchev–Trinajstić information content (AvgIpc) is 3.85. The van der Waals surface area contributed by atoms with Gasteiger partial charge in [0.25, 0.3) is 0 Å². The summed E-state index contributed by atoms with van der Waals surface area (Å²) in [5.41, 5.74) is 8.16. The predicted octanol–water partition coefficient (Wildman–Crippen LogP) is 13.8. The fraction of sp³-hybridized carbons (Fsp3) is 0. The number of furan rings is 2. The Morgan fingerprint density at radius 1 is 0.304 bits per heavy atom. The maximum absolute atomic E-state index is 6.66. The smallest absolute Gasteiger partial charge is 0.164 e. The lowest BCUT2D eigenvalue weighted by Gasteiger charge is -2.11. The maximum Gasteiger partial charge on any atom is 0.164 e. The van der Waals surface area contributed by atoms with Crippen molar-refractivity contribution in [1.82, 2.24) is 15.0 Å². The Bertz CT molecular complexity index is 3550. The van der Waals surface area contributed by atoms with E-state index in [1.165, 1.54) is 10.8 Å². The molecule has 0 saturated heterocycles. The van der Waals surface area contributed by atoms with Gasteiger partial charge in [0.1, 0.15) is 22.3 Å². The Morgan fingerprint density at radius 3 is 1.71 bits per heavy atom. The summed E-state index contributed by atoms with van der Waals surface area (Å²) in [5, 5.41) is 11.0. The van der Waals surface area contributed by atoms with Crippen molar-refractivity contribution in [1.29, 1.82) is 0 Å². The first-order chi connectivity index (χ1) is 27.7. The minimum atomic E-state index is 0.577. The van der Waals surface area contributed by atoms with Crippen LogP contribution in [0.4, 0.5) is 0 Å². The third-order valence-corrected chi connectivity index (χ3v) is 11.1. The Morgan fingerprint density at radius 2 is 0.875 bits per heavy atom. The Hall–Kier alpha value is -7.63. The van der Waals surface area contributed by atoms with Crippen LogP contribution in [0.25, 0.3) is 121 Å². The van der Waals surface area contributed by atoms with Crippen LogP contribution in [-0.2, 0) is 0 Å². The van der Waals surface area contributed by atoms with Gasteiger partial charge in [-0.25, -0.2) is 15.0 Å². The third-order valence-electron chi connectivity index (χ3n) is 11.1. The molecular formula is C51H29N3O2. The molecular weight excluding hydrogens is 687 g/mol. The van der Waals surface area contributed by atoms with Crippen LogP contribution in [0.1, 0.15) is 0 Å². The van der Waals surface area contributed by atoms with Crippen LogP contribution in [0.15, 0.2) is 185 Å². The first-order valence-electron chi connectivity index (χ1n) is 18.8. The molecule has 5 nitrogen and oxygen atoms in total. The van der Waals surface area contributed by atoms with Gasteiger partial charge < -0.3 is 8.83 Å². The van der Waals surface area contributed by atoms with Crippen LogP contribution in [0.2, 0.25) is 0 Å². The monoisotopic (exact) mass is 715 g/mol. The summed E-state index contributed by atoms with van der Waals surface area (Å²) in [6.07, 6.45) is 0. The Kier molecular flexibility index (Phi) is 6.56. The predicted molar refractivity (Wildman–Crippen MR) is 229 cm³/mol. The molecule has 5 heteroatoms. The Balaban J connectivity index is 1.12. The molecule has 9 aromatic carbocycles. The second-order valence-electron chi connectivity index (χ2n) is 14.3. The number of aromatic nitrogens is 3. The molecule has 3 heterocycles. The number of benzene rings is 9. The lowest BCUT2D eigenvalue weighted by Crippen LogP contribution is -2.00. The minimum Gasteiger partial charge on any atom is -0.456 e. The summed E-state index contributed by atoms with van der Waals surface area (Å²) in [5.74, 6) is 1.76. The molecule has 0 N–H and O–H groups in total. The molecule has 0 amide bonds. The lowest BCUT2D eigenvalue weighted by molar-refractivity contribution is 0.669. The van der Waals surface area contributed by atoms with E-state index in [9.17, 15) is 0 Å². The van der Waals surface area contributed by atoms with E-state index in [2.05, 4.69) is 146 Å². The number of para-hydroxylation sites is 2. The molecule has 3 aromatic heterocycles. The van der Waals surface area contributed by atoms with E-state index in [-0.39, 0.29) is 0 Å². The molecule has 12 aromatic rings. The molecule has 56 heavy (non-hydrogen) atoms. The van der Waals surface area contributed by atoms with Crippen LogP contribution in [0.3, 0.4) is 0 Å². The molecule has 12 rings (SSSR count). The average molecular weight is 716 g/mol. The summed E-state index contributed by atoms with van der Waals surface area (Å²) >= 11 is 0. The number of fused-ring (bicyclic) bond motifs is 11. The van der Waals surface area contributed by atoms with Gasteiger partial charge in [-0.15, -0.1) is 0 Å². The number of nitrogens with zero attached hydrogens (tertiary/aromatic N) is 3. The molecule has 0 aliphatic heterocycles. The Labute approximate surface area is 320 Å². The van der Waals surface area contributed by atoms with Crippen LogP contribution < -0.4 is 0 Å². The first-order valence-corrected chi connectivity index (χ1v) is 18.8. The summed E-state index contributed by atoms with van der Waals surface area (Å²) in [4.78, 5) is 15.8. The van der Waals surface area contributed by atoms with Gasteiger partial charge in [-0.1, -0.05) is 146 Å². The van der Waals surface area contributed by atoms with E-state index < -0.39 is 0 Å². The van der Waals surface area contributed by atoms with Crippen molar-refractivity contribution in [3.05, 3.63) is 176 Å². The highest BCUT2D eigenvalue weighted by Gasteiger charge is 2.20. The van der Waals surface area contributed by atoms with Gasteiger partial charge in [0, 0.05) is 43.8 Å². The van der Waals surface area contributed by atoms with E-state index in [0.29, 0.717) is 17.5 Å².